The summed E-state index contributed by atoms with van der Waals surface area (Å²) in [7, 11) is 0. The Kier molecular flexibility index (Phi) is 5.17. The van der Waals surface area contributed by atoms with Crippen molar-refractivity contribution in [2.45, 2.75) is 12.6 Å². The van der Waals surface area contributed by atoms with Crippen LogP contribution in [0.2, 0.25) is 0 Å². The van der Waals surface area contributed by atoms with Crippen LogP contribution in [0.25, 0.3) is 0 Å². The normalized spacial score (nSPS) is 20.4. The zero-order valence-electron chi connectivity index (χ0n) is 10.3. The first kappa shape index (κ1) is 13.5. The fraction of sp³-hybridized carbons (Fsp3) is 0.538. The highest BCUT2D eigenvalue weighted by molar-refractivity contribution is 7.10. The number of aliphatic hydroxyl groups is 1. The quantitative estimate of drug-likeness (QED) is 0.770. The van der Waals surface area contributed by atoms with Crippen LogP contribution in [0.5, 0.6) is 0 Å². The van der Waals surface area contributed by atoms with Crippen molar-refractivity contribution < 1.29 is 9.84 Å². The average molecular weight is 266 g/mol. The summed E-state index contributed by atoms with van der Waals surface area (Å²) in [6, 6.07) is 2.08. The molecule has 5 heteroatoms. The number of morpholine rings is 1. The second-order valence-corrected chi connectivity index (χ2v) is 5.22. The Morgan fingerprint density at radius 3 is 3.28 bits per heavy atom. The molecule has 0 aliphatic carbocycles. The van der Waals surface area contributed by atoms with Gasteiger partial charge in [-0.3, -0.25) is 4.90 Å². The minimum atomic E-state index is -0.0905. The van der Waals surface area contributed by atoms with Gasteiger partial charge in [0.05, 0.1) is 12.7 Å². The molecule has 98 valence electrons. The highest BCUT2D eigenvalue weighted by Gasteiger charge is 2.19. The lowest BCUT2D eigenvalue weighted by Crippen LogP contribution is -2.44. The van der Waals surface area contributed by atoms with E-state index in [1.165, 1.54) is 4.88 Å². The molecule has 0 spiro atoms. The van der Waals surface area contributed by atoms with Crippen LogP contribution in [0.3, 0.4) is 0 Å². The summed E-state index contributed by atoms with van der Waals surface area (Å²) in [5, 5.41) is 10.7. The molecule has 3 N–H and O–H groups in total. The molecule has 0 aromatic carbocycles. The molecule has 1 aromatic heterocycles. The first-order chi connectivity index (χ1) is 8.81. The first-order valence-corrected chi connectivity index (χ1v) is 6.91. The molecule has 2 heterocycles. The van der Waals surface area contributed by atoms with Gasteiger partial charge >= 0.3 is 0 Å². The summed E-state index contributed by atoms with van der Waals surface area (Å²) in [5.74, 6) is 5.58. The van der Waals surface area contributed by atoms with Crippen molar-refractivity contribution in [2.75, 3.05) is 32.8 Å². The van der Waals surface area contributed by atoms with Crippen LogP contribution >= 0.6 is 11.3 Å². The Balaban J connectivity index is 1.90. The molecule has 0 bridgehead atoms. The predicted molar refractivity (Wildman–Crippen MR) is 72.4 cm³/mol. The molecule has 0 amide bonds. The monoisotopic (exact) mass is 266 g/mol. The number of ether oxygens (including phenoxy) is 1. The van der Waals surface area contributed by atoms with Crippen LogP contribution in [0, 0.1) is 11.8 Å². The maximum Gasteiger partial charge on any atom is 0.104 e. The van der Waals surface area contributed by atoms with Gasteiger partial charge in [0, 0.05) is 42.0 Å². The van der Waals surface area contributed by atoms with E-state index < -0.39 is 0 Å². The molecule has 1 saturated heterocycles. The van der Waals surface area contributed by atoms with Gasteiger partial charge in [-0.1, -0.05) is 11.8 Å². The summed E-state index contributed by atoms with van der Waals surface area (Å²) in [5.41, 5.74) is 6.61. The van der Waals surface area contributed by atoms with Gasteiger partial charge in [0.25, 0.3) is 0 Å². The van der Waals surface area contributed by atoms with E-state index in [0.29, 0.717) is 6.54 Å². The maximum absolute atomic E-state index is 8.65. The van der Waals surface area contributed by atoms with Crippen LogP contribution in [-0.4, -0.2) is 49.0 Å². The van der Waals surface area contributed by atoms with Crippen LogP contribution in [0.4, 0.5) is 0 Å². The van der Waals surface area contributed by atoms with Gasteiger partial charge in [-0.15, -0.1) is 11.3 Å². The van der Waals surface area contributed by atoms with E-state index in [1.807, 2.05) is 5.38 Å². The Morgan fingerprint density at radius 1 is 1.61 bits per heavy atom. The lowest BCUT2D eigenvalue weighted by Gasteiger charge is -2.31. The Morgan fingerprint density at radius 2 is 2.50 bits per heavy atom. The van der Waals surface area contributed by atoms with E-state index in [9.17, 15) is 0 Å². The smallest absolute Gasteiger partial charge is 0.104 e. The van der Waals surface area contributed by atoms with Gasteiger partial charge in [0.1, 0.15) is 6.61 Å². The van der Waals surface area contributed by atoms with Crippen LogP contribution in [0.15, 0.2) is 11.4 Å². The lowest BCUT2D eigenvalue weighted by molar-refractivity contribution is -0.0257. The number of rotatable bonds is 3. The summed E-state index contributed by atoms with van der Waals surface area (Å²) < 4.78 is 5.54. The van der Waals surface area contributed by atoms with Gasteiger partial charge in [0.2, 0.25) is 0 Å². The molecule has 4 nitrogen and oxygen atoms in total. The molecular formula is C13H18N2O2S. The van der Waals surface area contributed by atoms with E-state index in [0.717, 1.165) is 31.8 Å². The Labute approximate surface area is 111 Å². The van der Waals surface area contributed by atoms with Crippen LogP contribution in [0.1, 0.15) is 10.4 Å². The molecule has 1 atom stereocenters. The van der Waals surface area contributed by atoms with Crippen molar-refractivity contribution in [3.8, 4) is 11.8 Å². The summed E-state index contributed by atoms with van der Waals surface area (Å²) in [6.45, 7) is 4.01. The number of nitrogens with two attached hydrogens (primary N) is 1. The van der Waals surface area contributed by atoms with E-state index in [-0.39, 0.29) is 12.7 Å². The molecular weight excluding hydrogens is 248 g/mol. The molecule has 1 aromatic rings. The number of nitrogens with zero attached hydrogens (tertiary/aromatic N) is 1. The number of thiophene rings is 1. The molecule has 0 radical (unpaired) electrons. The molecule has 1 fully saturated rings. The standard InChI is InChI=1S/C13H18N2O2S/c14-7-12-8-15(3-5-17-12)9-13-6-11(10-18-13)2-1-4-16/h6,10,12,16H,3-5,7-9,14H2/t12-/m1/s1. The second-order valence-electron chi connectivity index (χ2n) is 4.23. The molecule has 2 rings (SSSR count). The lowest BCUT2D eigenvalue weighted by atomic mass is 10.2. The number of aliphatic hydroxyl groups excluding tert-OH is 1. The van der Waals surface area contributed by atoms with Crippen molar-refractivity contribution in [2.24, 2.45) is 5.73 Å². The highest BCUT2D eigenvalue weighted by atomic mass is 32.1. The predicted octanol–water partition coefficient (Wildman–Crippen LogP) is 0.251. The van der Waals surface area contributed by atoms with Gasteiger partial charge in [-0.25, -0.2) is 0 Å². The van der Waals surface area contributed by atoms with E-state index in [4.69, 9.17) is 15.6 Å². The van der Waals surface area contributed by atoms with Crippen molar-refractivity contribution in [3.63, 3.8) is 0 Å². The summed E-state index contributed by atoms with van der Waals surface area (Å²) >= 11 is 1.70. The van der Waals surface area contributed by atoms with Gasteiger partial charge in [-0.05, 0) is 6.07 Å². The first-order valence-electron chi connectivity index (χ1n) is 6.03. The summed E-state index contributed by atoms with van der Waals surface area (Å²) in [6.07, 6.45) is 0.160. The average Bonchev–Trinajstić information content (AvgIpc) is 2.84. The van der Waals surface area contributed by atoms with E-state index >= 15 is 0 Å². The number of hydrogen-bond donors (Lipinski definition) is 2. The number of hydrogen-bond acceptors (Lipinski definition) is 5. The summed E-state index contributed by atoms with van der Waals surface area (Å²) in [4.78, 5) is 3.64. The van der Waals surface area contributed by atoms with Crippen molar-refractivity contribution in [1.82, 2.24) is 4.90 Å². The van der Waals surface area contributed by atoms with Crippen molar-refractivity contribution in [3.05, 3.63) is 21.9 Å². The zero-order chi connectivity index (χ0) is 12.8. The third-order valence-electron chi connectivity index (χ3n) is 2.83. The molecule has 1 aliphatic heterocycles. The van der Waals surface area contributed by atoms with Crippen molar-refractivity contribution >= 4 is 11.3 Å². The van der Waals surface area contributed by atoms with Crippen molar-refractivity contribution in [1.29, 1.82) is 0 Å². The third kappa shape index (κ3) is 3.80. The Hall–Kier alpha value is -0.900. The fourth-order valence-electron chi connectivity index (χ4n) is 1.96. The molecule has 1 aliphatic rings. The molecule has 0 saturated carbocycles. The Bertz CT molecular complexity index is 436. The topological polar surface area (TPSA) is 58.7 Å². The maximum atomic E-state index is 8.65. The SMILES string of the molecule is NC[C@@H]1CN(Cc2cc(C#CCO)cs2)CCO1. The van der Waals surface area contributed by atoms with Crippen LogP contribution < -0.4 is 5.73 Å². The molecule has 0 unspecified atom stereocenters. The second kappa shape index (κ2) is 6.88. The molecule has 18 heavy (non-hydrogen) atoms. The minimum absolute atomic E-state index is 0.0905. The minimum Gasteiger partial charge on any atom is -0.384 e. The van der Waals surface area contributed by atoms with E-state index in [2.05, 4.69) is 22.8 Å². The third-order valence-corrected chi connectivity index (χ3v) is 3.75. The van der Waals surface area contributed by atoms with Crippen LogP contribution in [-0.2, 0) is 11.3 Å². The van der Waals surface area contributed by atoms with Gasteiger partial charge in [0.15, 0.2) is 0 Å². The largest absolute Gasteiger partial charge is 0.384 e. The van der Waals surface area contributed by atoms with E-state index in [1.54, 1.807) is 11.3 Å². The highest BCUT2D eigenvalue weighted by Crippen LogP contribution is 2.17. The van der Waals surface area contributed by atoms with Gasteiger partial charge < -0.3 is 15.6 Å². The zero-order valence-corrected chi connectivity index (χ0v) is 11.1. The van der Waals surface area contributed by atoms with Gasteiger partial charge in [-0.2, -0.15) is 0 Å². The fourth-order valence-corrected chi connectivity index (χ4v) is 2.82.